The maximum absolute atomic E-state index is 12.8. The quantitative estimate of drug-likeness (QED) is 0.392. The largest absolute Gasteiger partial charge is 0.436 e. The normalized spacial score (nSPS) is 11.4. The van der Waals surface area contributed by atoms with Crippen LogP contribution >= 0.6 is 0 Å². The molecule has 10 heteroatoms. The molecule has 0 saturated carbocycles. The zero-order valence-electron chi connectivity index (χ0n) is 18.0. The van der Waals surface area contributed by atoms with Gasteiger partial charge in [0.15, 0.2) is 0 Å². The van der Waals surface area contributed by atoms with E-state index in [1.807, 2.05) is 41.7 Å². The summed E-state index contributed by atoms with van der Waals surface area (Å²) in [4.78, 5) is 4.59. The van der Waals surface area contributed by atoms with Gasteiger partial charge < -0.3 is 4.74 Å². The van der Waals surface area contributed by atoms with Gasteiger partial charge in [-0.1, -0.05) is 31.2 Å². The maximum atomic E-state index is 12.8. The van der Waals surface area contributed by atoms with E-state index in [1.165, 1.54) is 18.2 Å². The topological polar surface area (TPSA) is 122 Å². The Bertz CT molecular complexity index is 1690. The number of para-hydroxylation sites is 2. The Labute approximate surface area is 195 Å². The molecule has 3 aromatic carbocycles. The number of hydrogen-bond acceptors (Lipinski definition) is 7. The number of nitriles is 1. The van der Waals surface area contributed by atoms with Gasteiger partial charge in [0.25, 0.3) is 15.9 Å². The highest BCUT2D eigenvalue weighted by atomic mass is 32.2. The van der Waals surface area contributed by atoms with E-state index >= 15 is 0 Å². The summed E-state index contributed by atoms with van der Waals surface area (Å²) in [6.45, 7) is 1.99. The number of benzene rings is 3. The number of aromatic nitrogens is 4. The van der Waals surface area contributed by atoms with Crippen LogP contribution in [0.25, 0.3) is 16.7 Å². The smallest absolute Gasteiger partial charge is 0.266 e. The van der Waals surface area contributed by atoms with Crippen molar-refractivity contribution in [2.24, 2.45) is 0 Å². The number of aryl methyl sites for hydroxylation is 1. The van der Waals surface area contributed by atoms with Crippen LogP contribution in [0.3, 0.4) is 0 Å². The summed E-state index contributed by atoms with van der Waals surface area (Å²) in [6, 6.07) is 21.9. The highest BCUT2D eigenvalue weighted by molar-refractivity contribution is 7.92. The zero-order chi connectivity index (χ0) is 23.7. The molecule has 0 atom stereocenters. The van der Waals surface area contributed by atoms with Crippen LogP contribution < -0.4 is 9.46 Å². The van der Waals surface area contributed by atoms with Crippen molar-refractivity contribution in [3.8, 4) is 17.7 Å². The second-order valence-corrected chi connectivity index (χ2v) is 9.09. The molecule has 34 heavy (non-hydrogen) atoms. The van der Waals surface area contributed by atoms with Gasteiger partial charge in [-0.2, -0.15) is 5.26 Å². The minimum Gasteiger partial charge on any atom is -0.436 e. The van der Waals surface area contributed by atoms with Gasteiger partial charge in [-0.3, -0.25) is 9.12 Å². The molecule has 5 aromatic rings. The Morgan fingerprint density at radius 3 is 2.68 bits per heavy atom. The van der Waals surface area contributed by atoms with Crippen LogP contribution in [-0.4, -0.2) is 28.0 Å². The number of hydrogen-bond donors (Lipinski definition) is 1. The van der Waals surface area contributed by atoms with E-state index in [-0.39, 0.29) is 16.3 Å². The lowest BCUT2D eigenvalue weighted by Crippen LogP contribution is -2.13. The van der Waals surface area contributed by atoms with Gasteiger partial charge in [-0.15, -0.1) is 10.2 Å². The van der Waals surface area contributed by atoms with Gasteiger partial charge >= 0.3 is 0 Å². The van der Waals surface area contributed by atoms with Crippen LogP contribution in [0.1, 0.15) is 18.3 Å². The van der Waals surface area contributed by atoms with Crippen molar-refractivity contribution >= 4 is 32.4 Å². The van der Waals surface area contributed by atoms with Crippen LogP contribution in [0.2, 0.25) is 0 Å². The number of sulfonamides is 1. The number of nitrogens with one attached hydrogen (secondary N) is 1. The lowest BCUT2D eigenvalue weighted by atomic mass is 10.2. The highest BCUT2D eigenvalue weighted by Gasteiger charge is 2.18. The average molecular weight is 471 g/mol. The molecule has 2 aromatic heterocycles. The third kappa shape index (κ3) is 3.89. The Kier molecular flexibility index (Phi) is 5.31. The van der Waals surface area contributed by atoms with Crippen molar-refractivity contribution in [2.45, 2.75) is 18.2 Å². The fourth-order valence-electron chi connectivity index (χ4n) is 3.59. The van der Waals surface area contributed by atoms with Gasteiger partial charge in [0.2, 0.25) is 5.65 Å². The summed E-state index contributed by atoms with van der Waals surface area (Å²) in [6.07, 6.45) is 0.679. The number of anilines is 1. The molecule has 0 saturated heterocycles. The van der Waals surface area contributed by atoms with E-state index in [9.17, 15) is 8.42 Å². The van der Waals surface area contributed by atoms with Crippen molar-refractivity contribution < 1.29 is 13.2 Å². The monoisotopic (exact) mass is 470 g/mol. The molecule has 0 bridgehead atoms. The summed E-state index contributed by atoms with van der Waals surface area (Å²) in [5.41, 5.74) is 2.61. The van der Waals surface area contributed by atoms with Crippen molar-refractivity contribution in [3.63, 3.8) is 0 Å². The molecule has 0 spiro atoms. The number of nitrogens with zero attached hydrogens (tertiary/aromatic N) is 5. The Hall–Kier alpha value is -4.49. The van der Waals surface area contributed by atoms with Crippen molar-refractivity contribution in [2.75, 3.05) is 4.72 Å². The van der Waals surface area contributed by atoms with E-state index < -0.39 is 10.0 Å². The molecule has 0 aliphatic carbocycles. The van der Waals surface area contributed by atoms with Crippen LogP contribution in [0.5, 0.6) is 11.6 Å². The summed E-state index contributed by atoms with van der Waals surface area (Å²) in [5.74, 6) is 1.41. The molecule has 0 amide bonds. The molecule has 0 unspecified atom stereocenters. The molecule has 1 N–H and O–H groups in total. The van der Waals surface area contributed by atoms with Crippen molar-refractivity contribution in [1.29, 1.82) is 5.26 Å². The van der Waals surface area contributed by atoms with Crippen molar-refractivity contribution in [1.82, 2.24) is 19.6 Å². The van der Waals surface area contributed by atoms with E-state index in [0.717, 1.165) is 11.3 Å². The van der Waals surface area contributed by atoms with Gasteiger partial charge in [-0.25, -0.2) is 13.4 Å². The van der Waals surface area contributed by atoms with E-state index in [0.29, 0.717) is 29.0 Å². The van der Waals surface area contributed by atoms with Crippen molar-refractivity contribution in [3.05, 3.63) is 84.2 Å². The first-order valence-corrected chi connectivity index (χ1v) is 11.9. The highest BCUT2D eigenvalue weighted by Crippen LogP contribution is 2.29. The molecular formula is C24H18N6O3S. The summed E-state index contributed by atoms with van der Waals surface area (Å²) < 4.78 is 36.1. The first kappa shape index (κ1) is 21.4. The average Bonchev–Trinajstić information content (AvgIpc) is 3.29. The molecule has 9 nitrogen and oxygen atoms in total. The summed E-state index contributed by atoms with van der Waals surface area (Å²) in [7, 11) is -3.90. The number of fused-ring (bicyclic) bond motifs is 3. The standard InChI is InChI=1S/C24H18N6O3S/c1-2-22-27-28-23-24(26-20-11-3-4-12-21(20)30(22)23)33-18-9-6-8-17(14-18)29-34(31,32)19-10-5-7-16(13-19)15-25/h3-14,29H,2H2,1H3. The second kappa shape index (κ2) is 8.46. The van der Waals surface area contributed by atoms with Gasteiger partial charge in [0.1, 0.15) is 11.6 Å². The minimum absolute atomic E-state index is 0.00803. The molecular weight excluding hydrogens is 452 g/mol. The lowest BCUT2D eigenvalue weighted by Gasteiger charge is -2.11. The number of rotatable bonds is 6. The Morgan fingerprint density at radius 2 is 1.85 bits per heavy atom. The molecule has 2 heterocycles. The Balaban J connectivity index is 1.50. The SMILES string of the molecule is CCc1nnc2c(Oc3cccc(NS(=O)(=O)c4cccc(C#N)c4)c3)nc3ccccc3n12. The third-order valence-corrected chi connectivity index (χ3v) is 6.54. The van der Waals surface area contributed by atoms with Crippen LogP contribution in [0, 0.1) is 11.3 Å². The molecule has 0 aliphatic rings. The van der Waals surface area contributed by atoms with Crippen LogP contribution in [0.4, 0.5) is 5.69 Å². The van der Waals surface area contributed by atoms with Gasteiger partial charge in [-0.05, 0) is 42.5 Å². The Morgan fingerprint density at radius 1 is 1.03 bits per heavy atom. The van der Waals surface area contributed by atoms with Gasteiger partial charge in [0.05, 0.1) is 33.2 Å². The second-order valence-electron chi connectivity index (χ2n) is 7.41. The maximum Gasteiger partial charge on any atom is 0.266 e. The van der Waals surface area contributed by atoms with Gasteiger partial charge in [0, 0.05) is 12.5 Å². The molecule has 0 aliphatic heterocycles. The van der Waals surface area contributed by atoms with E-state index in [1.54, 1.807) is 30.3 Å². The fourth-order valence-corrected chi connectivity index (χ4v) is 4.69. The van der Waals surface area contributed by atoms with E-state index in [2.05, 4.69) is 19.9 Å². The fraction of sp³-hybridized carbons (Fsp3) is 0.0833. The predicted molar refractivity (Wildman–Crippen MR) is 126 cm³/mol. The van der Waals surface area contributed by atoms with Crippen LogP contribution in [0.15, 0.2) is 77.7 Å². The molecule has 5 rings (SSSR count). The van der Waals surface area contributed by atoms with Crippen LogP contribution in [-0.2, 0) is 16.4 Å². The molecule has 168 valence electrons. The lowest BCUT2D eigenvalue weighted by molar-refractivity contribution is 0.467. The third-order valence-electron chi connectivity index (χ3n) is 5.16. The van der Waals surface area contributed by atoms with E-state index in [4.69, 9.17) is 10.00 Å². The first-order chi connectivity index (χ1) is 16.5. The number of ether oxygens (including phenoxy) is 1. The molecule has 0 radical (unpaired) electrons. The minimum atomic E-state index is -3.90. The predicted octanol–water partition coefficient (Wildman–Crippen LogP) is 4.30. The zero-order valence-corrected chi connectivity index (χ0v) is 18.8. The molecule has 0 fully saturated rings. The summed E-state index contributed by atoms with van der Waals surface area (Å²) >= 11 is 0. The summed E-state index contributed by atoms with van der Waals surface area (Å²) in [5, 5.41) is 17.6. The first-order valence-electron chi connectivity index (χ1n) is 10.4.